The molecular weight excluding hydrogens is 421 g/mol. The number of nitrogens with zero attached hydrogens (tertiary/aromatic N) is 1. The second-order valence-electron chi connectivity index (χ2n) is 9.49. The summed E-state index contributed by atoms with van der Waals surface area (Å²) < 4.78 is 45.5. The summed E-state index contributed by atoms with van der Waals surface area (Å²) in [5.41, 5.74) is 0. The summed E-state index contributed by atoms with van der Waals surface area (Å²) in [6.07, 6.45) is 8.22. The average molecular weight is 457 g/mol. The van der Waals surface area contributed by atoms with Crippen molar-refractivity contribution in [3.63, 3.8) is 0 Å². The summed E-state index contributed by atoms with van der Waals surface area (Å²) in [4.78, 5) is 13.0. The maximum atomic E-state index is 13.7. The van der Waals surface area contributed by atoms with Gasteiger partial charge in [-0.05, 0) is 63.3 Å². The standard InChI is InChI=1S/C20H27F3N2O3.C4H8/c21-16-11-18(23)19(12-17(16)22)28-15-6-9-25(10-7-15)8-5-13-1-3-14(4-2-13)24-20(26)27;1-4-2-3-4/h11-15,24H,1-10H2,(H,26,27);4H,2-3H2,1H3/t13-,14-;. The molecule has 180 valence electrons. The van der Waals surface area contributed by atoms with Gasteiger partial charge in [-0.1, -0.05) is 19.8 Å². The predicted molar refractivity (Wildman–Crippen MR) is 116 cm³/mol. The number of carbonyl (C=O) groups is 1. The van der Waals surface area contributed by atoms with Gasteiger partial charge in [-0.3, -0.25) is 0 Å². The van der Waals surface area contributed by atoms with Gasteiger partial charge in [0.2, 0.25) is 0 Å². The van der Waals surface area contributed by atoms with Gasteiger partial charge in [0.15, 0.2) is 23.2 Å². The molecule has 5 nitrogen and oxygen atoms in total. The summed E-state index contributed by atoms with van der Waals surface area (Å²) >= 11 is 0. The van der Waals surface area contributed by atoms with E-state index in [-0.39, 0.29) is 17.9 Å². The highest BCUT2D eigenvalue weighted by atomic mass is 19.2. The molecule has 0 atom stereocenters. The normalized spacial score (nSPS) is 24.4. The number of rotatable bonds is 6. The fourth-order valence-corrected chi connectivity index (χ4v) is 4.33. The van der Waals surface area contributed by atoms with E-state index in [9.17, 15) is 18.0 Å². The Balaban J connectivity index is 0.000000650. The van der Waals surface area contributed by atoms with Gasteiger partial charge >= 0.3 is 6.09 Å². The van der Waals surface area contributed by atoms with E-state index in [0.29, 0.717) is 24.8 Å². The van der Waals surface area contributed by atoms with Crippen molar-refractivity contribution in [2.75, 3.05) is 19.6 Å². The van der Waals surface area contributed by atoms with Crippen molar-refractivity contribution in [3.05, 3.63) is 29.6 Å². The van der Waals surface area contributed by atoms with Crippen molar-refractivity contribution in [3.8, 4) is 5.75 Å². The second kappa shape index (κ2) is 11.8. The molecule has 32 heavy (non-hydrogen) atoms. The molecular formula is C24H35F3N2O3. The van der Waals surface area contributed by atoms with E-state index < -0.39 is 23.5 Å². The van der Waals surface area contributed by atoms with Crippen LogP contribution in [0.15, 0.2) is 12.1 Å². The Labute approximate surface area is 188 Å². The lowest BCUT2D eigenvalue weighted by atomic mass is 9.84. The van der Waals surface area contributed by atoms with Crippen LogP contribution in [0, 0.1) is 29.3 Å². The Kier molecular flexibility index (Phi) is 9.08. The molecule has 1 aromatic carbocycles. The Hall–Kier alpha value is -1.96. The van der Waals surface area contributed by atoms with Gasteiger partial charge in [-0.2, -0.15) is 0 Å². The number of likely N-dealkylation sites (tertiary alicyclic amines) is 1. The number of hydrogen-bond acceptors (Lipinski definition) is 3. The van der Waals surface area contributed by atoms with Crippen LogP contribution in [0.5, 0.6) is 5.75 Å². The molecule has 0 radical (unpaired) electrons. The molecule has 0 spiro atoms. The maximum absolute atomic E-state index is 13.7. The number of halogens is 3. The third-order valence-corrected chi connectivity index (χ3v) is 6.70. The third kappa shape index (κ3) is 8.19. The van der Waals surface area contributed by atoms with Crippen LogP contribution < -0.4 is 10.1 Å². The van der Waals surface area contributed by atoms with E-state index in [0.717, 1.165) is 63.7 Å². The zero-order chi connectivity index (χ0) is 23.1. The highest BCUT2D eigenvalue weighted by Crippen LogP contribution is 2.29. The minimum Gasteiger partial charge on any atom is -0.487 e. The molecule has 4 rings (SSSR count). The SMILES string of the molecule is CC1CC1.O=C(O)N[C@H]1CC[C@H](CCN2CCC(Oc3cc(F)c(F)cc3F)CC2)CC1. The van der Waals surface area contributed by atoms with Crippen LogP contribution in [0.1, 0.15) is 64.7 Å². The molecule has 1 amide bonds. The van der Waals surface area contributed by atoms with Crippen LogP contribution in [-0.2, 0) is 0 Å². The fourth-order valence-electron chi connectivity index (χ4n) is 4.33. The Morgan fingerprint density at radius 3 is 2.16 bits per heavy atom. The molecule has 2 aliphatic carbocycles. The molecule has 1 aromatic rings. The molecule has 8 heteroatoms. The van der Waals surface area contributed by atoms with Crippen LogP contribution in [0.2, 0.25) is 0 Å². The van der Waals surface area contributed by atoms with Gasteiger partial charge in [-0.15, -0.1) is 0 Å². The van der Waals surface area contributed by atoms with Crippen LogP contribution in [0.3, 0.4) is 0 Å². The molecule has 0 bridgehead atoms. The lowest BCUT2D eigenvalue weighted by Gasteiger charge is -2.34. The van der Waals surface area contributed by atoms with Crippen LogP contribution in [0.25, 0.3) is 0 Å². The number of ether oxygens (including phenoxy) is 1. The van der Waals surface area contributed by atoms with Gasteiger partial charge in [0.1, 0.15) is 6.10 Å². The summed E-state index contributed by atoms with van der Waals surface area (Å²) in [7, 11) is 0. The fraction of sp³-hybridized carbons (Fsp3) is 0.708. The highest BCUT2D eigenvalue weighted by Gasteiger charge is 2.25. The van der Waals surface area contributed by atoms with E-state index in [1.54, 1.807) is 0 Å². The molecule has 1 aliphatic heterocycles. The maximum Gasteiger partial charge on any atom is 0.404 e. The molecule has 1 saturated heterocycles. The zero-order valence-corrected chi connectivity index (χ0v) is 18.8. The van der Waals surface area contributed by atoms with Gasteiger partial charge in [-0.25, -0.2) is 18.0 Å². The van der Waals surface area contributed by atoms with Crippen molar-refractivity contribution < 1.29 is 27.8 Å². The van der Waals surface area contributed by atoms with Crippen LogP contribution in [0.4, 0.5) is 18.0 Å². The smallest absolute Gasteiger partial charge is 0.404 e. The first-order valence-corrected chi connectivity index (χ1v) is 11.8. The minimum atomic E-state index is -1.22. The van der Waals surface area contributed by atoms with Gasteiger partial charge in [0, 0.05) is 31.3 Å². The van der Waals surface area contributed by atoms with Crippen LogP contribution >= 0.6 is 0 Å². The molecule has 2 N–H and O–H groups in total. The number of carboxylic acid groups (broad SMARTS) is 1. The van der Waals surface area contributed by atoms with E-state index in [1.165, 1.54) is 12.8 Å². The van der Waals surface area contributed by atoms with Gasteiger partial charge < -0.3 is 20.1 Å². The first-order valence-electron chi connectivity index (χ1n) is 11.8. The third-order valence-electron chi connectivity index (χ3n) is 6.70. The van der Waals surface area contributed by atoms with E-state index >= 15 is 0 Å². The summed E-state index contributed by atoms with van der Waals surface area (Å²) in [6.45, 7) is 4.91. The van der Waals surface area contributed by atoms with Crippen molar-refractivity contribution in [2.24, 2.45) is 11.8 Å². The topological polar surface area (TPSA) is 61.8 Å². The zero-order valence-electron chi connectivity index (χ0n) is 18.8. The van der Waals surface area contributed by atoms with Crippen molar-refractivity contribution in [1.29, 1.82) is 0 Å². The molecule has 2 saturated carbocycles. The quantitative estimate of drug-likeness (QED) is 0.549. The summed E-state index contributed by atoms with van der Waals surface area (Å²) in [6, 6.07) is 1.37. The molecule has 3 fully saturated rings. The van der Waals surface area contributed by atoms with E-state index in [2.05, 4.69) is 17.1 Å². The summed E-state index contributed by atoms with van der Waals surface area (Å²) in [5, 5.41) is 11.3. The molecule has 1 heterocycles. The summed E-state index contributed by atoms with van der Waals surface area (Å²) in [5.74, 6) is -1.73. The number of piperidine rings is 1. The number of nitrogens with one attached hydrogen (secondary N) is 1. The van der Waals surface area contributed by atoms with Crippen molar-refractivity contribution in [1.82, 2.24) is 10.2 Å². The van der Waals surface area contributed by atoms with Crippen molar-refractivity contribution in [2.45, 2.75) is 76.9 Å². The number of benzene rings is 1. The molecule has 0 unspecified atom stereocenters. The van der Waals surface area contributed by atoms with Crippen LogP contribution in [-0.4, -0.2) is 47.9 Å². The minimum absolute atomic E-state index is 0.0818. The second-order valence-corrected chi connectivity index (χ2v) is 9.49. The predicted octanol–water partition coefficient (Wildman–Crippen LogP) is 5.58. The van der Waals surface area contributed by atoms with E-state index in [1.807, 2.05) is 0 Å². The Morgan fingerprint density at radius 2 is 1.59 bits per heavy atom. The van der Waals surface area contributed by atoms with E-state index in [4.69, 9.17) is 9.84 Å². The molecule has 3 aliphatic rings. The first-order chi connectivity index (χ1) is 15.3. The van der Waals surface area contributed by atoms with Gasteiger partial charge in [0.05, 0.1) is 0 Å². The Morgan fingerprint density at radius 1 is 1.00 bits per heavy atom. The first kappa shape index (κ1) is 24.7. The Bertz CT molecular complexity index is 744. The number of amides is 1. The molecule has 0 aromatic heterocycles. The van der Waals surface area contributed by atoms with Crippen molar-refractivity contribution >= 4 is 6.09 Å². The highest BCUT2D eigenvalue weighted by molar-refractivity contribution is 5.64. The lowest BCUT2D eigenvalue weighted by molar-refractivity contribution is 0.0913. The largest absolute Gasteiger partial charge is 0.487 e. The monoisotopic (exact) mass is 456 g/mol. The lowest BCUT2D eigenvalue weighted by Crippen LogP contribution is -2.40. The van der Waals surface area contributed by atoms with Gasteiger partial charge in [0.25, 0.3) is 0 Å². The average Bonchev–Trinajstić information content (AvgIpc) is 3.54. The number of hydrogen-bond donors (Lipinski definition) is 2.